The quantitative estimate of drug-likeness (QED) is 0.134. The van der Waals surface area contributed by atoms with Gasteiger partial charge < -0.3 is 10.6 Å². The largest absolute Gasteiger partial charge is 0.321 e. The van der Waals surface area contributed by atoms with Crippen LogP contribution in [0.4, 0.5) is 21.5 Å². The standard InChI is InChI=1S/C36H26FN3O3S2/c37-28-16-5-4-13-25(28)21-29(39-35(42)24-11-2-1-3-12-24)36(43)38-26-14-10-15-27(22-26)44-23-34(41)40-30-17-6-8-19-32(30)45-33-20-9-7-18-31(33)40/h1-22H,23H2,(H,38,43)(H,39,42)/b29-21+. The second-order valence-electron chi connectivity index (χ2n) is 9.94. The average Bonchev–Trinajstić information content (AvgIpc) is 3.07. The predicted octanol–water partition coefficient (Wildman–Crippen LogP) is 8.16. The maximum Gasteiger partial charge on any atom is 0.272 e. The van der Waals surface area contributed by atoms with E-state index < -0.39 is 17.6 Å². The molecule has 222 valence electrons. The van der Waals surface area contributed by atoms with Crippen LogP contribution in [-0.2, 0) is 9.59 Å². The Bertz CT molecular complexity index is 1880. The van der Waals surface area contributed by atoms with Crippen LogP contribution in [0.2, 0.25) is 0 Å². The van der Waals surface area contributed by atoms with Gasteiger partial charge in [-0.3, -0.25) is 19.3 Å². The van der Waals surface area contributed by atoms with E-state index in [1.807, 2.05) is 54.6 Å². The molecule has 0 aliphatic carbocycles. The van der Waals surface area contributed by atoms with Gasteiger partial charge >= 0.3 is 0 Å². The van der Waals surface area contributed by atoms with Crippen molar-refractivity contribution in [2.45, 2.75) is 14.7 Å². The molecule has 2 N–H and O–H groups in total. The summed E-state index contributed by atoms with van der Waals surface area (Å²) in [6.45, 7) is 0. The first kappa shape index (κ1) is 29.9. The lowest BCUT2D eigenvalue weighted by Crippen LogP contribution is -2.30. The zero-order valence-electron chi connectivity index (χ0n) is 23.8. The number of amides is 3. The summed E-state index contributed by atoms with van der Waals surface area (Å²) >= 11 is 2.99. The van der Waals surface area contributed by atoms with E-state index in [-0.39, 0.29) is 22.9 Å². The van der Waals surface area contributed by atoms with Crippen molar-refractivity contribution in [1.82, 2.24) is 5.32 Å². The monoisotopic (exact) mass is 631 g/mol. The highest BCUT2D eigenvalue weighted by Crippen LogP contribution is 2.48. The zero-order chi connectivity index (χ0) is 31.2. The molecule has 0 spiro atoms. The molecule has 5 aromatic rings. The number of hydrogen-bond acceptors (Lipinski definition) is 5. The molecule has 1 aliphatic rings. The number of halogens is 1. The Balaban J connectivity index is 1.18. The number of nitrogens with one attached hydrogen (secondary N) is 2. The lowest BCUT2D eigenvalue weighted by molar-refractivity contribution is -0.115. The summed E-state index contributed by atoms with van der Waals surface area (Å²) in [5.41, 5.74) is 2.53. The lowest BCUT2D eigenvalue weighted by atomic mass is 10.1. The van der Waals surface area contributed by atoms with Crippen molar-refractivity contribution in [1.29, 1.82) is 0 Å². The van der Waals surface area contributed by atoms with Crippen molar-refractivity contribution in [2.75, 3.05) is 16.0 Å². The molecule has 0 aromatic heterocycles. The number of anilines is 3. The van der Waals surface area contributed by atoms with Crippen molar-refractivity contribution >= 4 is 64.4 Å². The Kier molecular flexibility index (Phi) is 9.09. The molecule has 1 aliphatic heterocycles. The number of rotatable bonds is 8. The topological polar surface area (TPSA) is 78.5 Å². The van der Waals surface area contributed by atoms with E-state index >= 15 is 0 Å². The van der Waals surface area contributed by atoms with Crippen LogP contribution < -0.4 is 15.5 Å². The molecule has 3 amide bonds. The molecule has 0 atom stereocenters. The van der Waals surface area contributed by atoms with Gasteiger partial charge in [0.25, 0.3) is 11.8 Å². The maximum atomic E-state index is 14.5. The maximum absolute atomic E-state index is 14.5. The molecular weight excluding hydrogens is 606 g/mol. The second-order valence-corrected chi connectivity index (χ2v) is 12.1. The van der Waals surface area contributed by atoms with Crippen molar-refractivity contribution in [3.63, 3.8) is 0 Å². The average molecular weight is 632 g/mol. The number of carbonyl (C=O) groups excluding carboxylic acids is 3. The van der Waals surface area contributed by atoms with E-state index in [1.165, 1.54) is 30.0 Å². The van der Waals surface area contributed by atoms with Gasteiger partial charge in [0.05, 0.1) is 17.1 Å². The number of para-hydroxylation sites is 2. The van der Waals surface area contributed by atoms with Crippen LogP contribution in [0.3, 0.4) is 0 Å². The van der Waals surface area contributed by atoms with E-state index in [0.29, 0.717) is 11.3 Å². The molecule has 1 heterocycles. The summed E-state index contributed by atoms with van der Waals surface area (Å²) < 4.78 is 14.5. The summed E-state index contributed by atoms with van der Waals surface area (Å²) in [5, 5.41) is 5.42. The number of fused-ring (bicyclic) bond motifs is 2. The molecule has 0 radical (unpaired) electrons. The molecular formula is C36H26FN3O3S2. The Morgan fingerprint density at radius 1 is 0.756 bits per heavy atom. The second kappa shape index (κ2) is 13.7. The predicted molar refractivity (Wildman–Crippen MR) is 178 cm³/mol. The van der Waals surface area contributed by atoms with E-state index in [9.17, 15) is 18.8 Å². The summed E-state index contributed by atoms with van der Waals surface area (Å²) in [7, 11) is 0. The third kappa shape index (κ3) is 7.01. The normalized spacial score (nSPS) is 12.1. The number of carbonyl (C=O) groups is 3. The van der Waals surface area contributed by atoms with Gasteiger partial charge in [-0.25, -0.2) is 4.39 Å². The van der Waals surface area contributed by atoms with Gasteiger partial charge in [0.15, 0.2) is 0 Å². The van der Waals surface area contributed by atoms with Gasteiger partial charge in [-0.05, 0) is 66.7 Å². The molecule has 6 nitrogen and oxygen atoms in total. The molecule has 0 bridgehead atoms. The Hall–Kier alpha value is -5.12. The fourth-order valence-electron chi connectivity index (χ4n) is 4.74. The van der Waals surface area contributed by atoms with E-state index in [0.717, 1.165) is 26.1 Å². The van der Waals surface area contributed by atoms with Crippen molar-refractivity contribution in [2.24, 2.45) is 0 Å². The Morgan fingerprint density at radius 2 is 1.40 bits per heavy atom. The molecule has 5 aromatic carbocycles. The van der Waals surface area contributed by atoms with Crippen molar-refractivity contribution in [3.05, 3.63) is 150 Å². The first-order valence-corrected chi connectivity index (χ1v) is 15.8. The van der Waals surface area contributed by atoms with Gasteiger partial charge in [0, 0.05) is 31.5 Å². The summed E-state index contributed by atoms with van der Waals surface area (Å²) in [6, 6.07) is 37.2. The molecule has 45 heavy (non-hydrogen) atoms. The first-order chi connectivity index (χ1) is 22.0. The molecule has 9 heteroatoms. The minimum Gasteiger partial charge on any atom is -0.321 e. The van der Waals surface area contributed by atoms with Crippen LogP contribution in [0.5, 0.6) is 0 Å². The van der Waals surface area contributed by atoms with Crippen LogP contribution in [0, 0.1) is 5.82 Å². The summed E-state index contributed by atoms with van der Waals surface area (Å²) in [4.78, 5) is 44.5. The fraction of sp³-hybridized carbons (Fsp3) is 0.0278. The fourth-order valence-corrected chi connectivity index (χ4v) is 6.60. The number of hydrogen-bond donors (Lipinski definition) is 2. The van der Waals surface area contributed by atoms with Gasteiger partial charge in [0.1, 0.15) is 11.5 Å². The number of thioether (sulfide) groups is 1. The Labute approximate surface area is 268 Å². The molecule has 0 unspecified atom stereocenters. The van der Waals surface area contributed by atoms with Crippen LogP contribution in [-0.4, -0.2) is 23.5 Å². The van der Waals surface area contributed by atoms with Crippen LogP contribution >= 0.6 is 23.5 Å². The highest BCUT2D eigenvalue weighted by molar-refractivity contribution is 8.00. The highest BCUT2D eigenvalue weighted by atomic mass is 32.2. The van der Waals surface area contributed by atoms with E-state index in [4.69, 9.17) is 0 Å². The molecule has 0 saturated heterocycles. The smallest absolute Gasteiger partial charge is 0.272 e. The Morgan fingerprint density at radius 3 is 2.11 bits per heavy atom. The van der Waals surface area contributed by atoms with Gasteiger partial charge in [0.2, 0.25) is 5.91 Å². The van der Waals surface area contributed by atoms with Crippen molar-refractivity contribution in [3.8, 4) is 0 Å². The third-order valence-corrected chi connectivity index (χ3v) is 8.98. The lowest BCUT2D eigenvalue weighted by Gasteiger charge is -2.31. The highest BCUT2D eigenvalue weighted by Gasteiger charge is 2.27. The van der Waals surface area contributed by atoms with Gasteiger partial charge in [-0.15, -0.1) is 11.8 Å². The first-order valence-electron chi connectivity index (χ1n) is 14.0. The minimum absolute atomic E-state index is 0.0756. The minimum atomic E-state index is -0.625. The zero-order valence-corrected chi connectivity index (χ0v) is 25.4. The van der Waals surface area contributed by atoms with Crippen molar-refractivity contribution < 1.29 is 18.8 Å². The number of nitrogens with zero attached hydrogens (tertiary/aromatic N) is 1. The molecule has 0 saturated carbocycles. The van der Waals surface area contributed by atoms with Gasteiger partial charge in [-0.1, -0.05) is 78.5 Å². The number of benzene rings is 5. The third-order valence-electron chi connectivity index (χ3n) is 6.87. The van der Waals surface area contributed by atoms with Crippen LogP contribution in [0.25, 0.3) is 6.08 Å². The van der Waals surface area contributed by atoms with E-state index in [1.54, 1.807) is 77.3 Å². The summed E-state index contributed by atoms with van der Waals surface area (Å²) in [5.74, 6) is -1.57. The van der Waals surface area contributed by atoms with E-state index in [2.05, 4.69) is 10.6 Å². The van der Waals surface area contributed by atoms with Crippen LogP contribution in [0.1, 0.15) is 15.9 Å². The SMILES string of the molecule is O=C(Nc1cccc(SCC(=O)N2c3ccccc3Sc3ccccc32)c1)/C(=C\c1ccccc1F)NC(=O)c1ccccc1. The molecule has 6 rings (SSSR count). The van der Waals surface area contributed by atoms with Gasteiger partial charge in [-0.2, -0.15) is 0 Å². The van der Waals surface area contributed by atoms with Crippen LogP contribution in [0.15, 0.2) is 148 Å². The summed E-state index contributed by atoms with van der Waals surface area (Å²) in [6.07, 6.45) is 1.30. The molecule has 0 fully saturated rings.